The number of esters is 1. The Kier molecular flexibility index (Phi) is 5.06. The van der Waals surface area contributed by atoms with Gasteiger partial charge in [0.1, 0.15) is 17.8 Å². The van der Waals surface area contributed by atoms with Crippen molar-refractivity contribution < 1.29 is 14.3 Å². The van der Waals surface area contributed by atoms with Crippen LogP contribution in [0.4, 0.5) is 0 Å². The molecule has 2 rings (SSSR count). The first kappa shape index (κ1) is 14.5. The van der Waals surface area contributed by atoms with Gasteiger partial charge in [-0.1, -0.05) is 30.0 Å². The Balaban J connectivity index is 1.99. The van der Waals surface area contributed by atoms with E-state index in [0.29, 0.717) is 0 Å². The molecule has 0 saturated heterocycles. The number of hydrogen-bond acceptors (Lipinski definition) is 6. The molecular weight excluding hydrogens is 276 g/mol. The van der Waals surface area contributed by atoms with Crippen LogP contribution in [0, 0.1) is 0 Å². The van der Waals surface area contributed by atoms with Gasteiger partial charge in [-0.2, -0.15) is 0 Å². The van der Waals surface area contributed by atoms with Crippen LogP contribution in [0.2, 0.25) is 0 Å². The van der Waals surface area contributed by atoms with E-state index in [1.54, 1.807) is 6.92 Å². The number of carbonyl (C=O) groups excluding carboxylic acids is 2. The highest BCUT2D eigenvalue weighted by atomic mass is 32.2. The lowest BCUT2D eigenvalue weighted by atomic mass is 10.2. The topological polar surface area (TPSA) is 69.2 Å². The highest BCUT2D eigenvalue weighted by Crippen LogP contribution is 2.24. The maximum absolute atomic E-state index is 11.7. The van der Waals surface area contributed by atoms with Crippen LogP contribution in [0.1, 0.15) is 13.3 Å². The van der Waals surface area contributed by atoms with E-state index in [1.165, 1.54) is 18.1 Å². The fourth-order valence-corrected chi connectivity index (χ4v) is 2.52. The molecule has 1 aromatic heterocycles. The fourth-order valence-electron chi connectivity index (χ4n) is 1.67. The van der Waals surface area contributed by atoms with Gasteiger partial charge < -0.3 is 4.74 Å². The third kappa shape index (κ3) is 3.77. The highest BCUT2D eigenvalue weighted by molar-refractivity contribution is 8.00. The quantitative estimate of drug-likeness (QED) is 0.352. The smallest absolute Gasteiger partial charge is 0.313 e. The number of aromatic nitrogens is 2. The van der Waals surface area contributed by atoms with E-state index in [4.69, 9.17) is 4.74 Å². The summed E-state index contributed by atoms with van der Waals surface area (Å²) in [4.78, 5) is 31.2. The van der Waals surface area contributed by atoms with E-state index in [1.807, 2.05) is 24.3 Å². The Morgan fingerprint density at radius 3 is 2.85 bits per heavy atom. The summed E-state index contributed by atoms with van der Waals surface area (Å²) in [6, 6.07) is 7.60. The van der Waals surface area contributed by atoms with Crippen molar-refractivity contribution in [3.8, 4) is 0 Å². The Labute approximate surface area is 120 Å². The molecule has 0 unspecified atom stereocenters. The number of nitrogens with zero attached hydrogens (tertiary/aromatic N) is 2. The molecule has 6 heteroatoms. The SMILES string of the molecule is CCOC(=O)CC(=O)CSc1ncnc2ccccc12. The molecule has 1 aromatic carbocycles. The van der Waals surface area contributed by atoms with E-state index in [-0.39, 0.29) is 24.6 Å². The summed E-state index contributed by atoms with van der Waals surface area (Å²) in [5, 5.41) is 1.65. The number of hydrogen-bond donors (Lipinski definition) is 0. The molecule has 0 saturated carbocycles. The Bertz CT molecular complexity index is 625. The molecule has 0 atom stereocenters. The molecule has 0 amide bonds. The van der Waals surface area contributed by atoms with Crippen molar-refractivity contribution in [2.75, 3.05) is 12.4 Å². The second-order valence-corrected chi connectivity index (χ2v) is 4.97. The second-order valence-electron chi connectivity index (χ2n) is 4.01. The summed E-state index contributed by atoms with van der Waals surface area (Å²) in [6.45, 7) is 2.00. The molecule has 20 heavy (non-hydrogen) atoms. The lowest BCUT2D eigenvalue weighted by molar-refractivity contribution is -0.145. The molecule has 0 N–H and O–H groups in total. The first-order chi connectivity index (χ1) is 9.70. The van der Waals surface area contributed by atoms with E-state index >= 15 is 0 Å². The number of thioether (sulfide) groups is 1. The van der Waals surface area contributed by atoms with Gasteiger partial charge in [0.05, 0.1) is 17.9 Å². The van der Waals surface area contributed by atoms with Gasteiger partial charge in [-0.05, 0) is 13.0 Å². The molecule has 2 aromatic rings. The van der Waals surface area contributed by atoms with Crippen molar-refractivity contribution in [1.29, 1.82) is 0 Å². The number of ketones is 1. The van der Waals surface area contributed by atoms with Crippen molar-refractivity contribution in [2.45, 2.75) is 18.4 Å². The Morgan fingerprint density at radius 2 is 2.05 bits per heavy atom. The van der Waals surface area contributed by atoms with E-state index in [2.05, 4.69) is 9.97 Å². The summed E-state index contributed by atoms with van der Waals surface area (Å²) < 4.78 is 4.74. The molecule has 104 valence electrons. The highest BCUT2D eigenvalue weighted by Gasteiger charge is 2.12. The normalized spacial score (nSPS) is 10.4. The molecule has 1 heterocycles. The van der Waals surface area contributed by atoms with Crippen molar-refractivity contribution in [1.82, 2.24) is 9.97 Å². The number of fused-ring (bicyclic) bond motifs is 1. The first-order valence-electron chi connectivity index (χ1n) is 6.20. The molecule has 0 aliphatic carbocycles. The summed E-state index contributed by atoms with van der Waals surface area (Å²) in [6.07, 6.45) is 1.28. The summed E-state index contributed by atoms with van der Waals surface area (Å²) >= 11 is 1.31. The van der Waals surface area contributed by atoms with Crippen LogP contribution in [-0.2, 0) is 14.3 Å². The molecule has 5 nitrogen and oxygen atoms in total. The third-order valence-corrected chi connectivity index (χ3v) is 3.59. The lowest BCUT2D eigenvalue weighted by Crippen LogP contribution is -2.12. The van der Waals surface area contributed by atoms with Crippen LogP contribution in [0.25, 0.3) is 10.9 Å². The van der Waals surface area contributed by atoms with Gasteiger partial charge in [0.15, 0.2) is 5.78 Å². The van der Waals surface area contributed by atoms with Crippen LogP contribution < -0.4 is 0 Å². The number of para-hydroxylation sites is 1. The average molecular weight is 290 g/mol. The summed E-state index contributed by atoms with van der Waals surface area (Å²) in [7, 11) is 0. The van der Waals surface area contributed by atoms with Crippen LogP contribution >= 0.6 is 11.8 Å². The van der Waals surface area contributed by atoms with E-state index < -0.39 is 5.97 Å². The van der Waals surface area contributed by atoms with Gasteiger partial charge in [-0.15, -0.1) is 0 Å². The Hall–Kier alpha value is -1.95. The summed E-state index contributed by atoms with van der Waals surface area (Å²) in [5.74, 6) is -0.457. The van der Waals surface area contributed by atoms with Crippen molar-refractivity contribution >= 4 is 34.4 Å². The molecule has 0 radical (unpaired) electrons. The molecular formula is C14H14N2O3S. The summed E-state index contributed by atoms with van der Waals surface area (Å²) in [5.41, 5.74) is 0.836. The van der Waals surface area contributed by atoms with Crippen molar-refractivity contribution in [2.24, 2.45) is 0 Å². The zero-order valence-corrected chi connectivity index (χ0v) is 11.9. The monoisotopic (exact) mass is 290 g/mol. The minimum absolute atomic E-state index is 0.170. The number of Topliss-reactive ketones (excluding diaryl/α,β-unsaturated/α-hetero) is 1. The Morgan fingerprint density at radius 1 is 1.25 bits per heavy atom. The number of benzene rings is 1. The minimum atomic E-state index is -0.481. The standard InChI is InChI=1S/C14H14N2O3S/c1-2-19-13(18)7-10(17)8-20-14-11-5-3-4-6-12(11)15-9-16-14/h3-6,9H,2,7-8H2,1H3. The average Bonchev–Trinajstić information content (AvgIpc) is 2.45. The van der Waals surface area contributed by atoms with Crippen molar-refractivity contribution in [3.05, 3.63) is 30.6 Å². The predicted octanol–water partition coefficient (Wildman–Crippen LogP) is 2.24. The first-order valence-corrected chi connectivity index (χ1v) is 7.19. The van der Waals surface area contributed by atoms with E-state index in [0.717, 1.165) is 15.9 Å². The van der Waals surface area contributed by atoms with Gasteiger partial charge >= 0.3 is 5.97 Å². The fraction of sp³-hybridized carbons (Fsp3) is 0.286. The molecule has 0 fully saturated rings. The largest absolute Gasteiger partial charge is 0.466 e. The number of ether oxygens (including phenoxy) is 1. The van der Waals surface area contributed by atoms with Gasteiger partial charge in [-0.25, -0.2) is 9.97 Å². The van der Waals surface area contributed by atoms with Crippen LogP contribution in [0.15, 0.2) is 35.6 Å². The number of carbonyl (C=O) groups is 2. The zero-order chi connectivity index (χ0) is 14.4. The van der Waals surface area contributed by atoms with Gasteiger partial charge in [0.25, 0.3) is 0 Å². The minimum Gasteiger partial charge on any atom is -0.466 e. The van der Waals surface area contributed by atoms with Gasteiger partial charge in [0, 0.05) is 5.39 Å². The molecule has 0 aliphatic rings. The van der Waals surface area contributed by atoms with Crippen LogP contribution in [-0.4, -0.2) is 34.1 Å². The van der Waals surface area contributed by atoms with Crippen LogP contribution in [0.5, 0.6) is 0 Å². The maximum atomic E-state index is 11.7. The second kappa shape index (κ2) is 7.00. The molecule has 0 bridgehead atoms. The molecule has 0 aliphatic heterocycles. The van der Waals surface area contributed by atoms with Crippen LogP contribution in [0.3, 0.4) is 0 Å². The zero-order valence-electron chi connectivity index (χ0n) is 11.0. The lowest BCUT2D eigenvalue weighted by Gasteiger charge is -2.04. The number of rotatable bonds is 6. The molecule has 0 spiro atoms. The van der Waals surface area contributed by atoms with Gasteiger partial charge in [0.2, 0.25) is 0 Å². The maximum Gasteiger partial charge on any atom is 0.313 e. The van der Waals surface area contributed by atoms with Gasteiger partial charge in [-0.3, -0.25) is 9.59 Å². The third-order valence-electron chi connectivity index (χ3n) is 2.52. The predicted molar refractivity (Wildman–Crippen MR) is 76.5 cm³/mol. The van der Waals surface area contributed by atoms with Crippen molar-refractivity contribution in [3.63, 3.8) is 0 Å². The van der Waals surface area contributed by atoms with E-state index in [9.17, 15) is 9.59 Å².